The van der Waals surface area contributed by atoms with Crippen molar-refractivity contribution < 1.29 is 9.53 Å². The quantitative estimate of drug-likeness (QED) is 0.213. The molecule has 2 nitrogen and oxygen atoms in total. The average Bonchev–Trinajstić information content (AvgIpc) is 2.34. The lowest BCUT2D eigenvalue weighted by Gasteiger charge is -2.09. The number of aryl methyl sites for hydroxylation is 1. The molecule has 0 aliphatic heterocycles. The van der Waals surface area contributed by atoms with Crippen LogP contribution in [0.15, 0.2) is 36.4 Å². The Hall–Kier alpha value is 0.1000. The summed E-state index contributed by atoms with van der Waals surface area (Å²) in [5, 5.41) is 0. The van der Waals surface area contributed by atoms with E-state index < -0.39 is 0 Å². The summed E-state index contributed by atoms with van der Waals surface area (Å²) in [6.45, 7) is 1.97. The third kappa shape index (κ3) is 3.81. The molecule has 0 aliphatic carbocycles. The summed E-state index contributed by atoms with van der Waals surface area (Å²) in [4.78, 5) is 12.3. The van der Waals surface area contributed by atoms with E-state index in [1.54, 1.807) is 6.07 Å². The van der Waals surface area contributed by atoms with E-state index in [4.69, 9.17) is 4.74 Å². The summed E-state index contributed by atoms with van der Waals surface area (Å²) in [6, 6.07) is 11.4. The zero-order valence-corrected chi connectivity index (χ0v) is 16.4. The van der Waals surface area contributed by atoms with E-state index in [0.717, 1.165) is 16.3 Å². The average molecular weight is 590 g/mol. The third-order valence-corrected chi connectivity index (χ3v) is 6.40. The molecule has 0 bridgehead atoms. The molecule has 0 fully saturated rings. The van der Waals surface area contributed by atoms with Crippen LogP contribution in [0.5, 0.6) is 5.75 Å². The third-order valence-electron chi connectivity index (χ3n) is 2.45. The van der Waals surface area contributed by atoms with E-state index in [1.165, 1.54) is 0 Å². The lowest BCUT2D eigenvalue weighted by Crippen LogP contribution is -2.13. The van der Waals surface area contributed by atoms with Crippen molar-refractivity contribution in [1.82, 2.24) is 0 Å². The first-order valence-corrected chi connectivity index (χ1v) is 8.65. The maximum Gasteiger partial charge on any atom is 0.345 e. The first kappa shape index (κ1) is 15.5. The second-order valence-corrected chi connectivity index (χ2v) is 7.33. The first-order chi connectivity index (χ1) is 8.99. The van der Waals surface area contributed by atoms with Gasteiger partial charge in [-0.1, -0.05) is 12.1 Å². The van der Waals surface area contributed by atoms with Crippen molar-refractivity contribution in [3.8, 4) is 5.75 Å². The highest BCUT2D eigenvalue weighted by Crippen LogP contribution is 2.26. The van der Waals surface area contributed by atoms with Crippen LogP contribution in [0.25, 0.3) is 0 Å². The second kappa shape index (κ2) is 6.70. The van der Waals surface area contributed by atoms with Gasteiger partial charge in [0, 0.05) is 10.7 Å². The summed E-state index contributed by atoms with van der Waals surface area (Å²) in [5.74, 6) is 0.272. The minimum absolute atomic E-state index is 0.307. The zero-order chi connectivity index (χ0) is 14.0. The van der Waals surface area contributed by atoms with Crippen LogP contribution in [0.4, 0.5) is 0 Å². The standard InChI is InChI=1S/C14H9I3O2/c1-8-3-2-4-9(7-8)19-14(18)12-10(15)5-6-11(16)13(12)17/h2-7H,1H3. The number of rotatable bonds is 2. The van der Waals surface area contributed by atoms with E-state index in [0.29, 0.717) is 11.3 Å². The van der Waals surface area contributed by atoms with E-state index in [2.05, 4.69) is 67.8 Å². The molecular weight excluding hydrogens is 581 g/mol. The molecule has 19 heavy (non-hydrogen) atoms. The fourth-order valence-electron chi connectivity index (χ4n) is 1.55. The molecule has 2 aromatic rings. The molecule has 5 heteroatoms. The van der Waals surface area contributed by atoms with Gasteiger partial charge in [0.1, 0.15) is 5.75 Å². The van der Waals surface area contributed by atoms with Crippen molar-refractivity contribution >= 4 is 73.7 Å². The molecule has 0 saturated carbocycles. The maximum atomic E-state index is 12.3. The largest absolute Gasteiger partial charge is 0.423 e. The van der Waals surface area contributed by atoms with Crippen LogP contribution in [0.2, 0.25) is 0 Å². The van der Waals surface area contributed by atoms with E-state index in [9.17, 15) is 4.79 Å². The van der Waals surface area contributed by atoms with Crippen molar-refractivity contribution in [2.75, 3.05) is 0 Å². The molecule has 0 spiro atoms. The van der Waals surface area contributed by atoms with Gasteiger partial charge in [-0.25, -0.2) is 4.79 Å². The number of carbonyl (C=O) groups excluding carboxylic acids is 1. The first-order valence-electron chi connectivity index (χ1n) is 5.41. The minimum Gasteiger partial charge on any atom is -0.423 e. The van der Waals surface area contributed by atoms with Gasteiger partial charge in [0.25, 0.3) is 0 Å². The van der Waals surface area contributed by atoms with Crippen LogP contribution >= 0.6 is 67.8 Å². The van der Waals surface area contributed by atoms with E-state index in [-0.39, 0.29) is 5.97 Å². The molecule has 0 atom stereocenters. The number of benzene rings is 2. The molecule has 0 heterocycles. The molecule has 0 radical (unpaired) electrons. The van der Waals surface area contributed by atoms with Crippen molar-refractivity contribution in [2.45, 2.75) is 6.92 Å². The van der Waals surface area contributed by atoms with Gasteiger partial charge in [-0.15, -0.1) is 0 Å². The molecule has 0 N–H and O–H groups in total. The molecular formula is C14H9I3O2. The molecule has 0 amide bonds. The van der Waals surface area contributed by atoms with Gasteiger partial charge in [-0.05, 0) is 105 Å². The van der Waals surface area contributed by atoms with Crippen LogP contribution in [0.1, 0.15) is 15.9 Å². The normalized spacial score (nSPS) is 10.3. The molecule has 0 aliphatic rings. The van der Waals surface area contributed by atoms with E-state index >= 15 is 0 Å². The lowest BCUT2D eigenvalue weighted by molar-refractivity contribution is 0.0732. The minimum atomic E-state index is -0.307. The molecule has 0 aromatic heterocycles. The van der Waals surface area contributed by atoms with Crippen LogP contribution in [0.3, 0.4) is 0 Å². The van der Waals surface area contributed by atoms with Crippen molar-refractivity contribution in [2.24, 2.45) is 0 Å². The van der Waals surface area contributed by atoms with Gasteiger partial charge in [0.05, 0.1) is 5.56 Å². The Morgan fingerprint density at radius 1 is 1.05 bits per heavy atom. The highest BCUT2D eigenvalue weighted by atomic mass is 127. The van der Waals surface area contributed by atoms with Gasteiger partial charge >= 0.3 is 5.97 Å². The Labute approximate surface area is 152 Å². The van der Waals surface area contributed by atoms with Crippen LogP contribution in [0, 0.1) is 17.6 Å². The molecule has 0 unspecified atom stereocenters. The fraction of sp³-hybridized carbons (Fsp3) is 0.0714. The fourth-order valence-corrected chi connectivity index (χ4v) is 3.88. The number of hydrogen-bond donors (Lipinski definition) is 0. The Balaban J connectivity index is 2.33. The summed E-state index contributed by atoms with van der Waals surface area (Å²) < 4.78 is 8.33. The van der Waals surface area contributed by atoms with Crippen molar-refractivity contribution in [1.29, 1.82) is 0 Å². The van der Waals surface area contributed by atoms with Crippen molar-refractivity contribution in [3.05, 3.63) is 58.2 Å². The van der Waals surface area contributed by atoms with Crippen molar-refractivity contribution in [3.63, 3.8) is 0 Å². The summed E-state index contributed by atoms with van der Waals surface area (Å²) in [5.41, 5.74) is 1.70. The molecule has 2 aromatic carbocycles. The zero-order valence-electron chi connectivity index (χ0n) is 9.91. The number of carbonyl (C=O) groups is 1. The SMILES string of the molecule is Cc1cccc(OC(=O)c2c(I)ccc(I)c2I)c1. The number of ether oxygens (including phenoxy) is 1. The molecule has 2 rings (SSSR count). The van der Waals surface area contributed by atoms with Crippen LogP contribution in [-0.4, -0.2) is 5.97 Å². The Bertz CT molecular complexity index is 639. The summed E-state index contributed by atoms with van der Waals surface area (Å²) in [6.07, 6.45) is 0. The smallest absolute Gasteiger partial charge is 0.345 e. The predicted molar refractivity (Wildman–Crippen MR) is 101 cm³/mol. The highest BCUT2D eigenvalue weighted by molar-refractivity contribution is 14.1. The second-order valence-electron chi connectivity index (χ2n) is 3.92. The number of halogens is 3. The predicted octanol–water partition coefficient (Wildman–Crippen LogP) is 5.03. The maximum absolute atomic E-state index is 12.3. The number of hydrogen-bond acceptors (Lipinski definition) is 2. The van der Waals surface area contributed by atoms with Crippen LogP contribution < -0.4 is 4.74 Å². The summed E-state index contributed by atoms with van der Waals surface area (Å²) in [7, 11) is 0. The van der Waals surface area contributed by atoms with Crippen LogP contribution in [-0.2, 0) is 0 Å². The summed E-state index contributed by atoms with van der Waals surface area (Å²) >= 11 is 6.56. The molecule has 98 valence electrons. The van der Waals surface area contributed by atoms with Gasteiger partial charge in [-0.3, -0.25) is 0 Å². The highest BCUT2D eigenvalue weighted by Gasteiger charge is 2.18. The van der Waals surface area contributed by atoms with Gasteiger partial charge in [-0.2, -0.15) is 0 Å². The topological polar surface area (TPSA) is 26.3 Å². The molecule has 0 saturated heterocycles. The Morgan fingerprint density at radius 2 is 1.74 bits per heavy atom. The Morgan fingerprint density at radius 3 is 2.42 bits per heavy atom. The lowest BCUT2D eigenvalue weighted by atomic mass is 10.2. The van der Waals surface area contributed by atoms with Gasteiger partial charge < -0.3 is 4.74 Å². The van der Waals surface area contributed by atoms with Gasteiger partial charge in [0.2, 0.25) is 0 Å². The van der Waals surface area contributed by atoms with Gasteiger partial charge in [0.15, 0.2) is 0 Å². The monoisotopic (exact) mass is 590 g/mol. The van der Waals surface area contributed by atoms with E-state index in [1.807, 2.05) is 37.3 Å². The Kier molecular flexibility index (Phi) is 5.46. The number of esters is 1.